The molecule has 2 atom stereocenters. The SMILES string of the molecule is CC1CNCC1C(=O)NCCOCC(F)F. The molecule has 16 heavy (non-hydrogen) atoms. The molecule has 2 N–H and O–H groups in total. The molecule has 1 fully saturated rings. The molecule has 0 aromatic heterocycles. The Balaban J connectivity index is 2.06. The molecule has 0 spiro atoms. The van der Waals surface area contributed by atoms with Crippen LogP contribution >= 0.6 is 0 Å². The summed E-state index contributed by atoms with van der Waals surface area (Å²) in [7, 11) is 0. The highest BCUT2D eigenvalue weighted by Crippen LogP contribution is 2.15. The van der Waals surface area contributed by atoms with Crippen molar-refractivity contribution in [2.24, 2.45) is 11.8 Å². The Morgan fingerprint density at radius 3 is 2.88 bits per heavy atom. The fraction of sp³-hybridized carbons (Fsp3) is 0.900. The smallest absolute Gasteiger partial charge is 0.261 e. The van der Waals surface area contributed by atoms with Gasteiger partial charge in [0, 0.05) is 13.1 Å². The van der Waals surface area contributed by atoms with Crippen LogP contribution < -0.4 is 10.6 Å². The number of carbonyl (C=O) groups excluding carboxylic acids is 1. The first kappa shape index (κ1) is 13.3. The van der Waals surface area contributed by atoms with Gasteiger partial charge in [0.25, 0.3) is 6.43 Å². The summed E-state index contributed by atoms with van der Waals surface area (Å²) in [6.07, 6.45) is -2.45. The zero-order chi connectivity index (χ0) is 12.0. The van der Waals surface area contributed by atoms with Crippen LogP contribution in [0.5, 0.6) is 0 Å². The maximum Gasteiger partial charge on any atom is 0.261 e. The Morgan fingerprint density at radius 2 is 2.31 bits per heavy atom. The molecule has 2 unspecified atom stereocenters. The average Bonchev–Trinajstić information content (AvgIpc) is 2.63. The van der Waals surface area contributed by atoms with Gasteiger partial charge in [-0.2, -0.15) is 0 Å². The van der Waals surface area contributed by atoms with Gasteiger partial charge in [-0.25, -0.2) is 8.78 Å². The second-order valence-electron chi connectivity index (χ2n) is 4.00. The van der Waals surface area contributed by atoms with Gasteiger partial charge in [0.1, 0.15) is 6.61 Å². The number of ether oxygens (including phenoxy) is 1. The van der Waals surface area contributed by atoms with Crippen molar-refractivity contribution in [1.29, 1.82) is 0 Å². The van der Waals surface area contributed by atoms with Gasteiger partial charge < -0.3 is 15.4 Å². The first-order valence-corrected chi connectivity index (χ1v) is 5.45. The van der Waals surface area contributed by atoms with Crippen LogP contribution in [-0.4, -0.2) is 45.2 Å². The van der Waals surface area contributed by atoms with E-state index in [4.69, 9.17) is 0 Å². The van der Waals surface area contributed by atoms with E-state index in [1.807, 2.05) is 6.92 Å². The van der Waals surface area contributed by atoms with Crippen LogP contribution in [0.25, 0.3) is 0 Å². The van der Waals surface area contributed by atoms with Crippen molar-refractivity contribution in [1.82, 2.24) is 10.6 Å². The number of halogens is 2. The molecule has 0 aliphatic carbocycles. The van der Waals surface area contributed by atoms with E-state index in [2.05, 4.69) is 15.4 Å². The molecule has 1 amide bonds. The fourth-order valence-corrected chi connectivity index (χ4v) is 1.71. The third-order valence-electron chi connectivity index (χ3n) is 2.64. The quantitative estimate of drug-likeness (QED) is 0.650. The summed E-state index contributed by atoms with van der Waals surface area (Å²) in [6.45, 7) is 3.39. The van der Waals surface area contributed by atoms with E-state index >= 15 is 0 Å². The molecule has 94 valence electrons. The van der Waals surface area contributed by atoms with Crippen molar-refractivity contribution >= 4 is 5.91 Å². The third kappa shape index (κ3) is 4.40. The molecule has 0 saturated carbocycles. The van der Waals surface area contributed by atoms with Gasteiger partial charge >= 0.3 is 0 Å². The normalized spacial score (nSPS) is 25.0. The number of hydrogen-bond acceptors (Lipinski definition) is 3. The summed E-state index contributed by atoms with van der Waals surface area (Å²) in [5.74, 6) is 0.273. The first-order valence-electron chi connectivity index (χ1n) is 5.45. The average molecular weight is 236 g/mol. The van der Waals surface area contributed by atoms with E-state index < -0.39 is 13.0 Å². The Kier molecular flexibility index (Phi) is 5.62. The Labute approximate surface area is 93.7 Å². The van der Waals surface area contributed by atoms with Gasteiger partial charge in [-0.15, -0.1) is 0 Å². The number of alkyl halides is 2. The second-order valence-corrected chi connectivity index (χ2v) is 4.00. The van der Waals surface area contributed by atoms with Crippen LogP contribution in [0.1, 0.15) is 6.92 Å². The van der Waals surface area contributed by atoms with E-state index in [1.54, 1.807) is 0 Å². The molecule has 1 heterocycles. The molecule has 1 saturated heterocycles. The number of amides is 1. The minimum absolute atomic E-state index is 0.0184. The lowest BCUT2D eigenvalue weighted by molar-refractivity contribution is -0.125. The lowest BCUT2D eigenvalue weighted by atomic mass is 9.97. The van der Waals surface area contributed by atoms with Crippen LogP contribution in [0, 0.1) is 11.8 Å². The van der Waals surface area contributed by atoms with E-state index in [1.165, 1.54) is 0 Å². The highest BCUT2D eigenvalue weighted by Gasteiger charge is 2.28. The third-order valence-corrected chi connectivity index (χ3v) is 2.64. The van der Waals surface area contributed by atoms with Crippen LogP contribution in [0.4, 0.5) is 8.78 Å². The lowest BCUT2D eigenvalue weighted by Crippen LogP contribution is -2.36. The molecule has 1 aliphatic rings. The van der Waals surface area contributed by atoms with Crippen molar-refractivity contribution in [2.45, 2.75) is 13.3 Å². The standard InChI is InChI=1S/C10H18F2N2O2/c1-7-4-13-5-8(7)10(15)14-2-3-16-6-9(11)12/h7-9,13H,2-6H2,1H3,(H,14,15). The summed E-state index contributed by atoms with van der Waals surface area (Å²) < 4.78 is 28.0. The summed E-state index contributed by atoms with van der Waals surface area (Å²) in [5.41, 5.74) is 0. The van der Waals surface area contributed by atoms with Crippen LogP contribution in [-0.2, 0) is 9.53 Å². The zero-order valence-corrected chi connectivity index (χ0v) is 9.34. The highest BCUT2D eigenvalue weighted by molar-refractivity contribution is 5.79. The Bertz CT molecular complexity index is 227. The van der Waals surface area contributed by atoms with Crippen molar-refractivity contribution in [3.63, 3.8) is 0 Å². The predicted octanol–water partition coefficient (Wildman–Crippen LogP) is 0.240. The van der Waals surface area contributed by atoms with E-state index in [0.29, 0.717) is 12.5 Å². The summed E-state index contributed by atoms with van der Waals surface area (Å²) >= 11 is 0. The molecule has 0 bridgehead atoms. The molecule has 1 aliphatic heterocycles. The molecule has 4 nitrogen and oxygen atoms in total. The lowest BCUT2D eigenvalue weighted by Gasteiger charge is -2.14. The first-order chi connectivity index (χ1) is 7.61. The Morgan fingerprint density at radius 1 is 1.56 bits per heavy atom. The molecular formula is C10H18F2N2O2. The molecule has 1 rings (SSSR count). The van der Waals surface area contributed by atoms with Crippen molar-refractivity contribution < 1.29 is 18.3 Å². The molecule has 0 aromatic rings. The van der Waals surface area contributed by atoms with Crippen LogP contribution in [0.2, 0.25) is 0 Å². The summed E-state index contributed by atoms with van der Waals surface area (Å²) in [4.78, 5) is 11.6. The number of carbonyl (C=O) groups is 1. The number of rotatable bonds is 6. The van der Waals surface area contributed by atoms with Crippen molar-refractivity contribution in [2.75, 3.05) is 32.8 Å². The van der Waals surface area contributed by atoms with Gasteiger partial charge in [-0.1, -0.05) is 6.92 Å². The maximum atomic E-state index is 11.7. The monoisotopic (exact) mass is 236 g/mol. The predicted molar refractivity (Wildman–Crippen MR) is 55.4 cm³/mol. The molecular weight excluding hydrogens is 218 g/mol. The van der Waals surface area contributed by atoms with E-state index in [0.717, 1.165) is 6.54 Å². The topological polar surface area (TPSA) is 50.4 Å². The van der Waals surface area contributed by atoms with Gasteiger partial charge in [0.05, 0.1) is 12.5 Å². The van der Waals surface area contributed by atoms with Gasteiger partial charge in [0.2, 0.25) is 5.91 Å². The largest absolute Gasteiger partial charge is 0.374 e. The number of hydrogen-bond donors (Lipinski definition) is 2. The van der Waals surface area contributed by atoms with Crippen molar-refractivity contribution in [3.8, 4) is 0 Å². The molecule has 0 radical (unpaired) electrons. The molecule has 6 heteroatoms. The summed E-state index contributed by atoms with van der Waals surface area (Å²) in [6, 6.07) is 0. The van der Waals surface area contributed by atoms with Gasteiger partial charge in [0.15, 0.2) is 0 Å². The zero-order valence-electron chi connectivity index (χ0n) is 9.34. The van der Waals surface area contributed by atoms with E-state index in [9.17, 15) is 13.6 Å². The number of nitrogens with one attached hydrogen (secondary N) is 2. The molecule has 0 aromatic carbocycles. The highest BCUT2D eigenvalue weighted by atomic mass is 19.3. The van der Waals surface area contributed by atoms with Gasteiger partial charge in [-0.3, -0.25) is 4.79 Å². The Hall–Kier alpha value is -0.750. The van der Waals surface area contributed by atoms with Crippen LogP contribution in [0.3, 0.4) is 0 Å². The fourth-order valence-electron chi connectivity index (χ4n) is 1.71. The minimum Gasteiger partial charge on any atom is -0.374 e. The maximum absolute atomic E-state index is 11.7. The minimum atomic E-state index is -2.45. The second kappa shape index (κ2) is 6.75. The van der Waals surface area contributed by atoms with E-state index in [-0.39, 0.29) is 25.0 Å². The van der Waals surface area contributed by atoms with Crippen LogP contribution in [0.15, 0.2) is 0 Å². The van der Waals surface area contributed by atoms with Gasteiger partial charge in [-0.05, 0) is 12.5 Å². The van der Waals surface area contributed by atoms with Crippen molar-refractivity contribution in [3.05, 3.63) is 0 Å². The summed E-state index contributed by atoms with van der Waals surface area (Å²) in [5, 5.41) is 5.81.